The van der Waals surface area contributed by atoms with Gasteiger partial charge in [-0.05, 0) is 37.1 Å². The number of hydrogen-bond donors (Lipinski definition) is 1. The molecule has 2 nitrogen and oxygen atoms in total. The van der Waals surface area contributed by atoms with Gasteiger partial charge < -0.3 is 10.5 Å². The Hall–Kier alpha value is -1.80. The first-order valence-corrected chi connectivity index (χ1v) is 6.08. The van der Waals surface area contributed by atoms with Crippen molar-refractivity contribution in [1.82, 2.24) is 0 Å². The molecule has 1 unspecified atom stereocenters. The zero-order valence-corrected chi connectivity index (χ0v) is 11.1. The van der Waals surface area contributed by atoms with E-state index >= 15 is 0 Å². The molecule has 0 amide bonds. The highest BCUT2D eigenvalue weighted by molar-refractivity contribution is 5.38. The Morgan fingerprint density at radius 1 is 0.889 bits per heavy atom. The van der Waals surface area contributed by atoms with E-state index in [1.54, 1.807) is 7.11 Å². The van der Waals surface area contributed by atoms with Crippen molar-refractivity contribution >= 4 is 0 Å². The Bertz CT molecular complexity index is 511. The normalized spacial score (nSPS) is 12.2. The second-order valence-electron chi connectivity index (χ2n) is 4.67. The fourth-order valence-electron chi connectivity index (χ4n) is 2.19. The monoisotopic (exact) mass is 241 g/mol. The lowest BCUT2D eigenvalue weighted by atomic mass is 9.96. The third kappa shape index (κ3) is 2.71. The molecule has 0 aliphatic carbocycles. The molecule has 0 spiro atoms. The van der Waals surface area contributed by atoms with E-state index in [9.17, 15) is 0 Å². The maximum atomic E-state index is 6.30. The van der Waals surface area contributed by atoms with Crippen LogP contribution in [0.25, 0.3) is 0 Å². The summed E-state index contributed by atoms with van der Waals surface area (Å²) >= 11 is 0. The fourth-order valence-corrected chi connectivity index (χ4v) is 2.19. The van der Waals surface area contributed by atoms with Crippen LogP contribution in [0.4, 0.5) is 0 Å². The minimum Gasteiger partial charge on any atom is -0.497 e. The molecule has 0 radical (unpaired) electrons. The molecule has 2 rings (SSSR count). The Morgan fingerprint density at radius 2 is 1.44 bits per heavy atom. The summed E-state index contributed by atoms with van der Waals surface area (Å²) in [7, 11) is 1.67. The minimum atomic E-state index is -0.0884. The van der Waals surface area contributed by atoms with Crippen molar-refractivity contribution in [3.63, 3.8) is 0 Å². The lowest BCUT2D eigenvalue weighted by Crippen LogP contribution is -2.12. The number of ether oxygens (including phenoxy) is 1. The summed E-state index contributed by atoms with van der Waals surface area (Å²) in [5, 5.41) is 0. The largest absolute Gasteiger partial charge is 0.497 e. The third-order valence-electron chi connectivity index (χ3n) is 3.08. The van der Waals surface area contributed by atoms with Gasteiger partial charge in [0.05, 0.1) is 13.2 Å². The van der Waals surface area contributed by atoms with Crippen LogP contribution in [0.5, 0.6) is 5.75 Å². The molecule has 0 aliphatic heterocycles. The quantitative estimate of drug-likeness (QED) is 0.894. The van der Waals surface area contributed by atoms with Crippen molar-refractivity contribution in [1.29, 1.82) is 0 Å². The Balaban J connectivity index is 2.31. The first kappa shape index (κ1) is 12.7. The summed E-state index contributed by atoms with van der Waals surface area (Å²) in [5.74, 6) is 0.853. The van der Waals surface area contributed by atoms with Crippen molar-refractivity contribution in [3.8, 4) is 5.75 Å². The van der Waals surface area contributed by atoms with Gasteiger partial charge in [-0.15, -0.1) is 0 Å². The molecule has 2 aromatic rings. The summed E-state index contributed by atoms with van der Waals surface area (Å²) in [4.78, 5) is 0. The average molecular weight is 241 g/mol. The van der Waals surface area contributed by atoms with Gasteiger partial charge in [0.25, 0.3) is 0 Å². The second kappa shape index (κ2) is 5.23. The van der Waals surface area contributed by atoms with Gasteiger partial charge in [0.2, 0.25) is 0 Å². The van der Waals surface area contributed by atoms with E-state index in [4.69, 9.17) is 10.5 Å². The second-order valence-corrected chi connectivity index (χ2v) is 4.67. The van der Waals surface area contributed by atoms with Gasteiger partial charge in [-0.3, -0.25) is 0 Å². The highest BCUT2D eigenvalue weighted by Gasteiger charge is 2.09. The molecule has 0 aliphatic rings. The van der Waals surface area contributed by atoms with E-state index in [2.05, 4.69) is 32.0 Å². The molecule has 0 saturated heterocycles. The van der Waals surface area contributed by atoms with Gasteiger partial charge in [0.1, 0.15) is 5.75 Å². The van der Waals surface area contributed by atoms with Crippen LogP contribution in [-0.4, -0.2) is 7.11 Å². The predicted molar refractivity (Wildman–Crippen MR) is 74.9 cm³/mol. The Labute approximate surface area is 108 Å². The van der Waals surface area contributed by atoms with Gasteiger partial charge in [0.15, 0.2) is 0 Å². The molecule has 94 valence electrons. The van der Waals surface area contributed by atoms with Crippen molar-refractivity contribution < 1.29 is 4.74 Å². The molecular weight excluding hydrogens is 222 g/mol. The van der Waals surface area contributed by atoms with Crippen molar-refractivity contribution in [3.05, 3.63) is 64.7 Å². The van der Waals surface area contributed by atoms with Crippen LogP contribution >= 0.6 is 0 Å². The first-order valence-electron chi connectivity index (χ1n) is 6.08. The van der Waals surface area contributed by atoms with E-state index in [0.29, 0.717) is 0 Å². The molecule has 2 aromatic carbocycles. The number of nitrogens with two attached hydrogens (primary N) is 1. The SMILES string of the molecule is COc1ccc(C(N)c2cc(C)cc(C)c2)cc1. The standard InChI is InChI=1S/C16H19NO/c1-11-8-12(2)10-14(9-11)16(17)13-4-6-15(18-3)7-5-13/h4-10,16H,17H2,1-3H3. The summed E-state index contributed by atoms with van der Waals surface area (Å²) in [6, 6.07) is 14.3. The molecule has 0 heterocycles. The van der Waals surface area contributed by atoms with Gasteiger partial charge >= 0.3 is 0 Å². The van der Waals surface area contributed by atoms with Crippen LogP contribution < -0.4 is 10.5 Å². The van der Waals surface area contributed by atoms with Crippen LogP contribution in [0.2, 0.25) is 0 Å². The van der Waals surface area contributed by atoms with Gasteiger partial charge in [-0.2, -0.15) is 0 Å². The smallest absolute Gasteiger partial charge is 0.118 e. The maximum absolute atomic E-state index is 6.30. The van der Waals surface area contributed by atoms with Gasteiger partial charge in [0, 0.05) is 0 Å². The summed E-state index contributed by atoms with van der Waals surface area (Å²) in [6.07, 6.45) is 0. The predicted octanol–water partition coefficient (Wildman–Crippen LogP) is 3.36. The fraction of sp³-hybridized carbons (Fsp3) is 0.250. The molecule has 2 N–H and O–H groups in total. The molecular formula is C16H19NO. The molecule has 18 heavy (non-hydrogen) atoms. The van der Waals surface area contributed by atoms with Crippen molar-refractivity contribution in [2.75, 3.05) is 7.11 Å². The summed E-state index contributed by atoms with van der Waals surface area (Å²) < 4.78 is 5.15. The number of aryl methyl sites for hydroxylation is 2. The van der Waals surface area contributed by atoms with Crippen LogP contribution in [0.1, 0.15) is 28.3 Å². The van der Waals surface area contributed by atoms with Crippen LogP contribution in [0, 0.1) is 13.8 Å². The molecule has 1 atom stereocenters. The Morgan fingerprint density at radius 3 is 1.94 bits per heavy atom. The van der Waals surface area contributed by atoms with Crippen LogP contribution in [0.3, 0.4) is 0 Å². The number of hydrogen-bond acceptors (Lipinski definition) is 2. The molecule has 0 aromatic heterocycles. The highest BCUT2D eigenvalue weighted by atomic mass is 16.5. The average Bonchev–Trinajstić information content (AvgIpc) is 2.37. The van der Waals surface area contributed by atoms with Gasteiger partial charge in [-0.1, -0.05) is 41.5 Å². The molecule has 2 heteroatoms. The lowest BCUT2D eigenvalue weighted by molar-refractivity contribution is 0.414. The lowest BCUT2D eigenvalue weighted by Gasteiger charge is -2.14. The van der Waals surface area contributed by atoms with Gasteiger partial charge in [-0.25, -0.2) is 0 Å². The maximum Gasteiger partial charge on any atom is 0.118 e. The van der Waals surface area contributed by atoms with E-state index in [-0.39, 0.29) is 6.04 Å². The molecule has 0 fully saturated rings. The number of methoxy groups -OCH3 is 1. The summed E-state index contributed by atoms with van der Waals surface area (Å²) in [5.41, 5.74) is 11.0. The molecule has 0 bridgehead atoms. The van der Waals surface area contributed by atoms with E-state index < -0.39 is 0 Å². The molecule has 0 saturated carbocycles. The number of benzene rings is 2. The first-order chi connectivity index (χ1) is 8.60. The topological polar surface area (TPSA) is 35.2 Å². The zero-order valence-electron chi connectivity index (χ0n) is 11.1. The summed E-state index contributed by atoms with van der Waals surface area (Å²) in [6.45, 7) is 4.19. The van der Waals surface area contributed by atoms with Crippen molar-refractivity contribution in [2.45, 2.75) is 19.9 Å². The zero-order chi connectivity index (χ0) is 13.1. The van der Waals surface area contributed by atoms with E-state index in [1.165, 1.54) is 11.1 Å². The van der Waals surface area contributed by atoms with Crippen LogP contribution in [0.15, 0.2) is 42.5 Å². The number of rotatable bonds is 3. The highest BCUT2D eigenvalue weighted by Crippen LogP contribution is 2.23. The van der Waals surface area contributed by atoms with Crippen molar-refractivity contribution in [2.24, 2.45) is 5.73 Å². The van der Waals surface area contributed by atoms with Crippen LogP contribution in [-0.2, 0) is 0 Å². The van der Waals surface area contributed by atoms with E-state index in [1.807, 2.05) is 24.3 Å². The minimum absolute atomic E-state index is 0.0884. The third-order valence-corrected chi connectivity index (χ3v) is 3.08. The van der Waals surface area contributed by atoms with E-state index in [0.717, 1.165) is 16.9 Å². The Kier molecular flexibility index (Phi) is 3.68.